The summed E-state index contributed by atoms with van der Waals surface area (Å²) in [6.07, 6.45) is 0.326. The van der Waals surface area contributed by atoms with Crippen molar-refractivity contribution in [3.63, 3.8) is 0 Å². The van der Waals surface area contributed by atoms with E-state index in [-0.39, 0.29) is 11.7 Å². The largest absolute Gasteiger partial charge is 0.495 e. The zero-order valence-electron chi connectivity index (χ0n) is 12.4. The van der Waals surface area contributed by atoms with Crippen molar-refractivity contribution in [3.05, 3.63) is 52.5 Å². The first-order chi connectivity index (χ1) is 11.1. The number of halogens is 1. The van der Waals surface area contributed by atoms with Crippen LogP contribution in [-0.4, -0.2) is 25.4 Å². The SMILES string of the molecule is COc1ccc(NC(=O)c2ccc3c(c2)C(=O)CCO3)cc1Cl. The minimum Gasteiger partial charge on any atom is -0.495 e. The van der Waals surface area contributed by atoms with Gasteiger partial charge in [0.2, 0.25) is 0 Å². The topological polar surface area (TPSA) is 64.6 Å². The van der Waals surface area contributed by atoms with Gasteiger partial charge in [-0.15, -0.1) is 0 Å². The Morgan fingerprint density at radius 1 is 1.26 bits per heavy atom. The van der Waals surface area contributed by atoms with E-state index in [1.165, 1.54) is 7.11 Å². The molecule has 0 saturated heterocycles. The molecule has 0 aromatic heterocycles. The number of nitrogens with one attached hydrogen (secondary N) is 1. The lowest BCUT2D eigenvalue weighted by molar-refractivity contribution is 0.0933. The van der Waals surface area contributed by atoms with Crippen LogP contribution >= 0.6 is 11.6 Å². The van der Waals surface area contributed by atoms with E-state index in [1.807, 2.05) is 0 Å². The van der Waals surface area contributed by atoms with Gasteiger partial charge in [-0.25, -0.2) is 0 Å². The van der Waals surface area contributed by atoms with Crippen LogP contribution in [0.2, 0.25) is 5.02 Å². The maximum Gasteiger partial charge on any atom is 0.255 e. The van der Waals surface area contributed by atoms with Crippen molar-refractivity contribution < 1.29 is 19.1 Å². The van der Waals surface area contributed by atoms with E-state index in [1.54, 1.807) is 36.4 Å². The number of ketones is 1. The van der Waals surface area contributed by atoms with E-state index >= 15 is 0 Å². The van der Waals surface area contributed by atoms with Gasteiger partial charge in [-0.3, -0.25) is 9.59 Å². The van der Waals surface area contributed by atoms with E-state index in [2.05, 4.69) is 5.32 Å². The molecule has 6 heteroatoms. The van der Waals surface area contributed by atoms with Crippen molar-refractivity contribution in [2.75, 3.05) is 19.0 Å². The van der Waals surface area contributed by atoms with E-state index in [0.717, 1.165) is 0 Å². The summed E-state index contributed by atoms with van der Waals surface area (Å²) in [6.45, 7) is 0.377. The zero-order chi connectivity index (χ0) is 16.4. The number of hydrogen-bond donors (Lipinski definition) is 1. The van der Waals surface area contributed by atoms with Crippen molar-refractivity contribution in [1.29, 1.82) is 0 Å². The van der Waals surface area contributed by atoms with Gasteiger partial charge in [-0.05, 0) is 36.4 Å². The summed E-state index contributed by atoms with van der Waals surface area (Å²) >= 11 is 6.04. The van der Waals surface area contributed by atoms with Crippen LogP contribution in [0.1, 0.15) is 27.1 Å². The van der Waals surface area contributed by atoms with Crippen LogP contribution < -0.4 is 14.8 Å². The number of benzene rings is 2. The highest BCUT2D eigenvalue weighted by molar-refractivity contribution is 6.32. The molecule has 1 heterocycles. The number of carbonyl (C=O) groups excluding carboxylic acids is 2. The quantitative estimate of drug-likeness (QED) is 0.933. The first-order valence-electron chi connectivity index (χ1n) is 7.03. The van der Waals surface area contributed by atoms with Crippen molar-refractivity contribution in [2.24, 2.45) is 0 Å². The normalized spacial score (nSPS) is 13.0. The van der Waals surface area contributed by atoms with Gasteiger partial charge < -0.3 is 14.8 Å². The maximum absolute atomic E-state index is 12.3. The minimum absolute atomic E-state index is 0.0200. The predicted molar refractivity (Wildman–Crippen MR) is 86.8 cm³/mol. The molecule has 0 radical (unpaired) electrons. The Bertz CT molecular complexity index is 788. The van der Waals surface area contributed by atoms with E-state index < -0.39 is 0 Å². The van der Waals surface area contributed by atoms with Crippen molar-refractivity contribution in [1.82, 2.24) is 0 Å². The predicted octanol–water partition coefficient (Wildman–Crippen LogP) is 3.57. The lowest BCUT2D eigenvalue weighted by Crippen LogP contribution is -2.18. The number of rotatable bonds is 3. The molecule has 0 fully saturated rings. The van der Waals surface area contributed by atoms with E-state index in [9.17, 15) is 9.59 Å². The number of hydrogen-bond acceptors (Lipinski definition) is 4. The molecular formula is C17H14ClNO4. The van der Waals surface area contributed by atoms with Crippen molar-refractivity contribution in [2.45, 2.75) is 6.42 Å². The number of Topliss-reactive ketones (excluding diaryl/α,β-unsaturated/α-hetero) is 1. The molecule has 0 spiro atoms. The van der Waals surface area contributed by atoms with Gasteiger partial charge in [0.25, 0.3) is 5.91 Å². The fourth-order valence-electron chi connectivity index (χ4n) is 2.35. The van der Waals surface area contributed by atoms with Crippen LogP contribution in [0, 0.1) is 0 Å². The summed E-state index contributed by atoms with van der Waals surface area (Å²) in [5.41, 5.74) is 1.37. The van der Waals surface area contributed by atoms with E-state index in [4.69, 9.17) is 21.1 Å². The number of amides is 1. The number of ether oxygens (including phenoxy) is 2. The number of anilines is 1. The van der Waals surface area contributed by atoms with Crippen LogP contribution in [0.5, 0.6) is 11.5 Å². The molecule has 0 aliphatic carbocycles. The van der Waals surface area contributed by atoms with Gasteiger partial charge in [-0.2, -0.15) is 0 Å². The summed E-state index contributed by atoms with van der Waals surface area (Å²) in [4.78, 5) is 24.2. The average Bonchev–Trinajstić information content (AvgIpc) is 2.55. The number of carbonyl (C=O) groups is 2. The molecule has 3 rings (SSSR count). The van der Waals surface area contributed by atoms with Crippen LogP contribution in [0.25, 0.3) is 0 Å². The second kappa shape index (κ2) is 6.30. The maximum atomic E-state index is 12.3. The van der Waals surface area contributed by atoms with Crippen LogP contribution in [-0.2, 0) is 0 Å². The summed E-state index contributed by atoms with van der Waals surface area (Å²) in [6, 6.07) is 9.78. The smallest absolute Gasteiger partial charge is 0.255 e. The summed E-state index contributed by atoms with van der Waals surface area (Å²) in [5, 5.41) is 3.14. The van der Waals surface area contributed by atoms with Gasteiger partial charge in [0.1, 0.15) is 11.5 Å². The fraction of sp³-hybridized carbons (Fsp3) is 0.176. The Morgan fingerprint density at radius 2 is 2.09 bits per heavy atom. The van der Waals surface area contributed by atoms with Crippen LogP contribution in [0.4, 0.5) is 5.69 Å². The lowest BCUT2D eigenvalue weighted by Gasteiger charge is -2.16. The highest BCUT2D eigenvalue weighted by Gasteiger charge is 2.20. The summed E-state index contributed by atoms with van der Waals surface area (Å²) < 4.78 is 10.5. The number of fused-ring (bicyclic) bond motifs is 1. The third-order valence-electron chi connectivity index (χ3n) is 3.54. The number of methoxy groups -OCH3 is 1. The molecule has 118 valence electrons. The monoisotopic (exact) mass is 331 g/mol. The highest BCUT2D eigenvalue weighted by atomic mass is 35.5. The van der Waals surface area contributed by atoms with Gasteiger partial charge in [-0.1, -0.05) is 11.6 Å². The Labute approximate surface area is 138 Å². The zero-order valence-corrected chi connectivity index (χ0v) is 13.1. The van der Waals surface area contributed by atoms with Crippen molar-refractivity contribution >= 4 is 29.0 Å². The lowest BCUT2D eigenvalue weighted by atomic mass is 10.0. The third kappa shape index (κ3) is 3.14. The Hall–Kier alpha value is -2.53. The molecule has 1 N–H and O–H groups in total. The molecule has 2 aromatic carbocycles. The molecule has 2 aromatic rings. The van der Waals surface area contributed by atoms with Gasteiger partial charge in [0.15, 0.2) is 5.78 Å². The molecule has 23 heavy (non-hydrogen) atoms. The van der Waals surface area contributed by atoms with Gasteiger partial charge in [0.05, 0.1) is 24.3 Å². The summed E-state index contributed by atoms with van der Waals surface area (Å²) in [5.74, 6) is 0.701. The van der Waals surface area contributed by atoms with Gasteiger partial charge in [0, 0.05) is 17.7 Å². The van der Waals surface area contributed by atoms with Crippen LogP contribution in [0.3, 0.4) is 0 Å². The molecule has 5 nitrogen and oxygen atoms in total. The second-order valence-corrected chi connectivity index (χ2v) is 5.44. The Morgan fingerprint density at radius 3 is 2.83 bits per heavy atom. The first-order valence-corrected chi connectivity index (χ1v) is 7.41. The first kappa shape index (κ1) is 15.4. The molecule has 0 atom stereocenters. The minimum atomic E-state index is -0.326. The fourth-order valence-corrected chi connectivity index (χ4v) is 2.61. The third-order valence-corrected chi connectivity index (χ3v) is 3.83. The standard InChI is InChI=1S/C17H14ClNO4/c1-22-16-5-3-11(9-13(16)18)19-17(21)10-2-4-15-12(8-10)14(20)6-7-23-15/h2-5,8-9H,6-7H2,1H3,(H,19,21). The Kier molecular flexibility index (Phi) is 4.21. The average molecular weight is 332 g/mol. The molecule has 0 unspecified atom stereocenters. The molecule has 0 bridgehead atoms. The molecular weight excluding hydrogens is 318 g/mol. The van der Waals surface area contributed by atoms with E-state index in [0.29, 0.717) is 46.4 Å². The summed E-state index contributed by atoms with van der Waals surface area (Å²) in [7, 11) is 1.52. The van der Waals surface area contributed by atoms with Crippen LogP contribution in [0.15, 0.2) is 36.4 Å². The highest BCUT2D eigenvalue weighted by Crippen LogP contribution is 2.28. The van der Waals surface area contributed by atoms with Crippen molar-refractivity contribution in [3.8, 4) is 11.5 Å². The molecule has 0 saturated carbocycles. The molecule has 1 aliphatic heterocycles. The second-order valence-electron chi connectivity index (χ2n) is 5.04. The Balaban J connectivity index is 1.82. The molecule has 1 aliphatic rings. The molecule has 1 amide bonds. The van der Waals surface area contributed by atoms with Gasteiger partial charge >= 0.3 is 0 Å².